The molecule has 1 amide bonds. The number of aromatic nitrogens is 4. The third-order valence-electron chi connectivity index (χ3n) is 2.43. The normalized spacial score (nSPS) is 11.8. The van der Waals surface area contributed by atoms with Gasteiger partial charge in [0.15, 0.2) is 0 Å². The highest BCUT2D eigenvalue weighted by Gasteiger charge is 2.18. The summed E-state index contributed by atoms with van der Waals surface area (Å²) < 4.78 is 1.56. The number of rotatable bonds is 3. The van der Waals surface area contributed by atoms with Gasteiger partial charge >= 0.3 is 0 Å². The van der Waals surface area contributed by atoms with Crippen LogP contribution in [-0.2, 0) is 11.3 Å². The average Bonchev–Trinajstić information content (AvgIpc) is 2.81. The van der Waals surface area contributed by atoms with Gasteiger partial charge in [-0.05, 0) is 27.2 Å². The summed E-state index contributed by atoms with van der Waals surface area (Å²) in [5.74, 6) is 0.141. The summed E-state index contributed by atoms with van der Waals surface area (Å²) in [7, 11) is 0. The van der Waals surface area contributed by atoms with Crippen LogP contribution in [0.2, 0.25) is 0 Å². The first-order valence-corrected chi connectivity index (χ1v) is 6.08. The Bertz CT molecular complexity index is 600. The van der Waals surface area contributed by atoms with Gasteiger partial charge < -0.3 is 0 Å². The summed E-state index contributed by atoms with van der Waals surface area (Å²) in [5.41, 5.74) is 3.16. The van der Waals surface area contributed by atoms with E-state index in [9.17, 15) is 4.79 Å². The maximum absolute atomic E-state index is 12.1. The summed E-state index contributed by atoms with van der Waals surface area (Å²) in [6.07, 6.45) is 3.54. The predicted molar refractivity (Wildman–Crippen MR) is 68.5 cm³/mol. The quantitative estimate of drug-likeness (QED) is 0.840. The minimum atomic E-state index is -0.452. The van der Waals surface area contributed by atoms with Gasteiger partial charge in [-0.1, -0.05) is 6.92 Å². The Labute approximate surface area is 111 Å². The summed E-state index contributed by atoms with van der Waals surface area (Å²) in [4.78, 5) is 25.4. The standard InChI is InChI=1S/C12H17N5O2/c1-5-9-8(10(18)16-19-12(2,3)4)6-13-11-14-7-15-17(9)11/h6-7H,5H2,1-4H3,(H,16,18). The van der Waals surface area contributed by atoms with Crippen molar-refractivity contribution in [2.75, 3.05) is 0 Å². The van der Waals surface area contributed by atoms with Gasteiger partial charge in [-0.3, -0.25) is 9.63 Å². The predicted octanol–water partition coefficient (Wildman–Crippen LogP) is 1.15. The van der Waals surface area contributed by atoms with Crippen LogP contribution in [0.3, 0.4) is 0 Å². The second-order valence-electron chi connectivity index (χ2n) is 5.09. The highest BCUT2D eigenvalue weighted by Crippen LogP contribution is 2.11. The molecule has 2 rings (SSSR count). The van der Waals surface area contributed by atoms with Crippen molar-refractivity contribution in [2.24, 2.45) is 0 Å². The number of nitrogens with one attached hydrogen (secondary N) is 1. The number of fused-ring (bicyclic) bond motifs is 1. The van der Waals surface area contributed by atoms with Crippen LogP contribution in [0, 0.1) is 0 Å². The molecule has 0 spiro atoms. The Balaban J connectivity index is 2.31. The second kappa shape index (κ2) is 4.93. The largest absolute Gasteiger partial charge is 0.278 e. The molecule has 2 heterocycles. The van der Waals surface area contributed by atoms with Gasteiger partial charge in [0.2, 0.25) is 0 Å². The van der Waals surface area contributed by atoms with Crippen molar-refractivity contribution in [2.45, 2.75) is 39.7 Å². The lowest BCUT2D eigenvalue weighted by Gasteiger charge is -2.19. The minimum absolute atomic E-state index is 0.336. The molecule has 1 N–H and O–H groups in total. The molecular formula is C12H17N5O2. The van der Waals surface area contributed by atoms with Crippen molar-refractivity contribution in [1.29, 1.82) is 0 Å². The van der Waals surface area contributed by atoms with Crippen LogP contribution < -0.4 is 5.48 Å². The minimum Gasteiger partial charge on any atom is -0.268 e. The van der Waals surface area contributed by atoms with E-state index in [-0.39, 0.29) is 5.91 Å². The molecular weight excluding hydrogens is 246 g/mol. The Morgan fingerprint density at radius 2 is 2.16 bits per heavy atom. The molecule has 0 aromatic carbocycles. The maximum atomic E-state index is 12.1. The van der Waals surface area contributed by atoms with Gasteiger partial charge in [0.25, 0.3) is 11.7 Å². The first-order chi connectivity index (χ1) is 8.92. The van der Waals surface area contributed by atoms with Crippen LogP contribution >= 0.6 is 0 Å². The molecule has 7 heteroatoms. The van der Waals surface area contributed by atoms with Crippen molar-refractivity contribution in [3.63, 3.8) is 0 Å². The van der Waals surface area contributed by atoms with Crippen LogP contribution in [0.15, 0.2) is 12.5 Å². The molecule has 0 aliphatic heterocycles. The van der Waals surface area contributed by atoms with E-state index >= 15 is 0 Å². The first kappa shape index (κ1) is 13.4. The van der Waals surface area contributed by atoms with Crippen molar-refractivity contribution in [1.82, 2.24) is 25.1 Å². The van der Waals surface area contributed by atoms with Gasteiger partial charge in [0.05, 0.1) is 16.9 Å². The maximum Gasteiger partial charge on any atom is 0.278 e. The summed E-state index contributed by atoms with van der Waals surface area (Å²) in [6, 6.07) is 0. The molecule has 0 atom stereocenters. The lowest BCUT2D eigenvalue weighted by Crippen LogP contribution is -2.34. The highest BCUT2D eigenvalue weighted by atomic mass is 16.7. The summed E-state index contributed by atoms with van der Waals surface area (Å²) in [6.45, 7) is 7.50. The Kier molecular flexibility index (Phi) is 3.48. The van der Waals surface area contributed by atoms with Gasteiger partial charge in [0.1, 0.15) is 6.33 Å². The number of nitrogens with zero attached hydrogens (tertiary/aromatic N) is 4. The third kappa shape index (κ3) is 2.87. The molecule has 0 unspecified atom stereocenters. The third-order valence-corrected chi connectivity index (χ3v) is 2.43. The fourth-order valence-electron chi connectivity index (χ4n) is 1.61. The number of hydrogen-bond acceptors (Lipinski definition) is 5. The number of carbonyl (C=O) groups is 1. The van der Waals surface area contributed by atoms with E-state index in [1.807, 2.05) is 27.7 Å². The van der Waals surface area contributed by atoms with E-state index in [0.717, 1.165) is 5.69 Å². The second-order valence-corrected chi connectivity index (χ2v) is 5.09. The fourth-order valence-corrected chi connectivity index (χ4v) is 1.61. The zero-order valence-corrected chi connectivity index (χ0v) is 11.5. The van der Waals surface area contributed by atoms with Crippen LogP contribution in [0.4, 0.5) is 0 Å². The SMILES string of the molecule is CCc1c(C(=O)NOC(C)(C)C)cnc2ncnn12. The summed E-state index contributed by atoms with van der Waals surface area (Å²) >= 11 is 0. The summed E-state index contributed by atoms with van der Waals surface area (Å²) in [5, 5.41) is 4.06. The topological polar surface area (TPSA) is 81.4 Å². The van der Waals surface area contributed by atoms with Crippen LogP contribution in [0.5, 0.6) is 0 Å². The van der Waals surface area contributed by atoms with Crippen molar-refractivity contribution >= 4 is 11.7 Å². The monoisotopic (exact) mass is 263 g/mol. The van der Waals surface area contributed by atoms with Crippen LogP contribution in [0.1, 0.15) is 43.7 Å². The number of aryl methyl sites for hydroxylation is 1. The molecule has 7 nitrogen and oxygen atoms in total. The molecule has 0 fully saturated rings. The van der Waals surface area contributed by atoms with Gasteiger partial charge in [0, 0.05) is 6.20 Å². The number of hydrogen-bond donors (Lipinski definition) is 1. The van der Waals surface area contributed by atoms with E-state index < -0.39 is 5.60 Å². The first-order valence-electron chi connectivity index (χ1n) is 6.08. The molecule has 0 saturated carbocycles. The molecule has 102 valence electrons. The van der Waals surface area contributed by atoms with E-state index in [2.05, 4.69) is 20.5 Å². The fraction of sp³-hybridized carbons (Fsp3) is 0.500. The molecule has 0 aliphatic carbocycles. The zero-order chi connectivity index (χ0) is 14.0. The van der Waals surface area contributed by atoms with Gasteiger partial charge in [-0.15, -0.1) is 0 Å². The lowest BCUT2D eigenvalue weighted by molar-refractivity contribution is -0.0590. The Hall–Kier alpha value is -2.02. The van der Waals surface area contributed by atoms with E-state index in [1.54, 1.807) is 4.52 Å². The van der Waals surface area contributed by atoms with Crippen LogP contribution in [0.25, 0.3) is 5.78 Å². The number of hydroxylamine groups is 1. The van der Waals surface area contributed by atoms with Crippen molar-refractivity contribution < 1.29 is 9.63 Å². The molecule has 2 aromatic rings. The van der Waals surface area contributed by atoms with Crippen molar-refractivity contribution in [3.05, 3.63) is 23.8 Å². The van der Waals surface area contributed by atoms with Gasteiger partial charge in [-0.25, -0.2) is 15.0 Å². The highest BCUT2D eigenvalue weighted by molar-refractivity contribution is 5.94. The Morgan fingerprint density at radius 1 is 1.42 bits per heavy atom. The van der Waals surface area contributed by atoms with E-state index in [0.29, 0.717) is 17.8 Å². The number of carbonyl (C=O) groups excluding carboxylic acids is 1. The van der Waals surface area contributed by atoms with E-state index in [4.69, 9.17) is 4.84 Å². The van der Waals surface area contributed by atoms with E-state index in [1.165, 1.54) is 12.5 Å². The molecule has 2 aromatic heterocycles. The molecule has 0 radical (unpaired) electrons. The smallest absolute Gasteiger partial charge is 0.268 e. The molecule has 0 bridgehead atoms. The molecule has 0 aliphatic rings. The molecule has 0 saturated heterocycles. The average molecular weight is 263 g/mol. The zero-order valence-electron chi connectivity index (χ0n) is 11.5. The Morgan fingerprint density at radius 3 is 2.79 bits per heavy atom. The molecule has 19 heavy (non-hydrogen) atoms. The lowest BCUT2D eigenvalue weighted by atomic mass is 10.2. The van der Waals surface area contributed by atoms with Crippen molar-refractivity contribution in [3.8, 4) is 0 Å². The van der Waals surface area contributed by atoms with Gasteiger partial charge in [-0.2, -0.15) is 10.1 Å². The van der Waals surface area contributed by atoms with Crippen LogP contribution in [-0.4, -0.2) is 31.1 Å². The number of amides is 1.